The molecule has 0 saturated heterocycles. The minimum atomic E-state index is 0.429. The van der Waals surface area contributed by atoms with Crippen LogP contribution in [0.1, 0.15) is 11.1 Å². The van der Waals surface area contributed by atoms with Crippen LogP contribution >= 0.6 is 23.6 Å². The van der Waals surface area contributed by atoms with Crippen LogP contribution in [0.25, 0.3) is 16.3 Å². The Balaban J connectivity index is 1.51. The maximum atomic E-state index is 5.32. The van der Waals surface area contributed by atoms with Crippen molar-refractivity contribution in [2.75, 3.05) is 5.32 Å². The highest BCUT2D eigenvalue weighted by molar-refractivity contribution is 7.80. The summed E-state index contributed by atoms with van der Waals surface area (Å²) in [5.74, 6) is 0. The second-order valence-corrected chi connectivity index (χ2v) is 7.74. The summed E-state index contributed by atoms with van der Waals surface area (Å²) in [7, 11) is 0. The molecule has 0 unspecified atom stereocenters. The lowest BCUT2D eigenvalue weighted by Crippen LogP contribution is -2.23. The van der Waals surface area contributed by atoms with Gasteiger partial charge in [-0.2, -0.15) is 10.2 Å². The predicted octanol–water partition coefficient (Wildman–Crippen LogP) is 5.23. The molecule has 2 heterocycles. The van der Waals surface area contributed by atoms with Crippen LogP contribution in [0.5, 0.6) is 0 Å². The number of hydrogen-bond donors (Lipinski definition) is 2. The van der Waals surface area contributed by atoms with Crippen molar-refractivity contribution in [1.29, 1.82) is 0 Å². The van der Waals surface area contributed by atoms with Crippen LogP contribution in [0.2, 0.25) is 0 Å². The molecular formula is C22H19N5S2. The molecule has 0 fully saturated rings. The van der Waals surface area contributed by atoms with Crippen LogP contribution in [0.4, 0.5) is 5.69 Å². The molecule has 0 saturated carbocycles. The molecule has 0 aliphatic heterocycles. The molecule has 0 bridgehead atoms. The van der Waals surface area contributed by atoms with E-state index in [1.165, 1.54) is 5.56 Å². The fourth-order valence-corrected chi connectivity index (χ4v) is 3.66. The van der Waals surface area contributed by atoms with E-state index in [0.717, 1.165) is 27.5 Å². The largest absolute Gasteiger partial charge is 0.331 e. The van der Waals surface area contributed by atoms with Gasteiger partial charge < -0.3 is 5.32 Å². The van der Waals surface area contributed by atoms with Gasteiger partial charge in [-0.05, 0) is 54.9 Å². The van der Waals surface area contributed by atoms with E-state index >= 15 is 0 Å². The van der Waals surface area contributed by atoms with Crippen molar-refractivity contribution >= 4 is 40.6 Å². The molecule has 0 radical (unpaired) electrons. The van der Waals surface area contributed by atoms with E-state index in [4.69, 9.17) is 17.3 Å². The van der Waals surface area contributed by atoms with E-state index in [2.05, 4.69) is 21.9 Å². The summed E-state index contributed by atoms with van der Waals surface area (Å²) in [6.07, 6.45) is 3.70. The normalized spacial score (nSPS) is 10.9. The topological polar surface area (TPSA) is 54.2 Å². The number of thiocarbonyl (C=S) groups is 1. The van der Waals surface area contributed by atoms with Crippen molar-refractivity contribution < 1.29 is 0 Å². The summed E-state index contributed by atoms with van der Waals surface area (Å²) in [5.41, 5.74) is 7.77. The summed E-state index contributed by atoms with van der Waals surface area (Å²) in [4.78, 5) is 1.08. The summed E-state index contributed by atoms with van der Waals surface area (Å²) in [6, 6.07) is 22.1. The SMILES string of the molecule is Cc1ccc(NC(=S)NN=Cc2cn(-c3ccccc3)nc2-c2cccs2)cc1. The van der Waals surface area contributed by atoms with E-state index in [-0.39, 0.29) is 0 Å². The molecule has 4 aromatic rings. The van der Waals surface area contributed by atoms with Crippen molar-refractivity contribution in [2.45, 2.75) is 6.92 Å². The zero-order valence-corrected chi connectivity index (χ0v) is 17.4. The lowest BCUT2D eigenvalue weighted by Gasteiger charge is -2.06. The van der Waals surface area contributed by atoms with E-state index < -0.39 is 0 Å². The van der Waals surface area contributed by atoms with Gasteiger partial charge in [0.1, 0.15) is 5.69 Å². The monoisotopic (exact) mass is 417 g/mol. The number of nitrogens with zero attached hydrogens (tertiary/aromatic N) is 3. The number of aromatic nitrogens is 2. The highest BCUT2D eigenvalue weighted by Crippen LogP contribution is 2.26. The van der Waals surface area contributed by atoms with Crippen molar-refractivity contribution in [3.05, 3.63) is 89.4 Å². The minimum Gasteiger partial charge on any atom is -0.331 e. The number of anilines is 1. The predicted molar refractivity (Wildman–Crippen MR) is 125 cm³/mol. The lowest BCUT2D eigenvalue weighted by molar-refractivity contribution is 0.885. The fourth-order valence-electron chi connectivity index (χ4n) is 2.76. The number of aryl methyl sites for hydroxylation is 1. The second kappa shape index (κ2) is 8.81. The van der Waals surface area contributed by atoms with Crippen LogP contribution in [-0.4, -0.2) is 21.1 Å². The van der Waals surface area contributed by atoms with Crippen molar-refractivity contribution in [3.63, 3.8) is 0 Å². The molecule has 0 atom stereocenters. The van der Waals surface area contributed by atoms with Crippen LogP contribution in [0.15, 0.2) is 83.4 Å². The number of hydrazone groups is 1. The highest BCUT2D eigenvalue weighted by atomic mass is 32.1. The number of para-hydroxylation sites is 1. The summed E-state index contributed by atoms with van der Waals surface area (Å²) in [5, 5.41) is 14.6. The van der Waals surface area contributed by atoms with Gasteiger partial charge >= 0.3 is 0 Å². The molecule has 0 aliphatic rings. The lowest BCUT2D eigenvalue weighted by atomic mass is 10.2. The minimum absolute atomic E-state index is 0.429. The van der Waals surface area contributed by atoms with Gasteiger partial charge in [0.25, 0.3) is 0 Å². The summed E-state index contributed by atoms with van der Waals surface area (Å²) in [6.45, 7) is 2.05. The Morgan fingerprint density at radius 1 is 1.07 bits per heavy atom. The zero-order valence-electron chi connectivity index (χ0n) is 15.7. The Morgan fingerprint density at radius 2 is 1.86 bits per heavy atom. The molecule has 0 spiro atoms. The molecule has 29 heavy (non-hydrogen) atoms. The Labute approximate surface area is 178 Å². The van der Waals surface area contributed by atoms with Crippen molar-refractivity contribution in [2.24, 2.45) is 5.10 Å². The zero-order chi connectivity index (χ0) is 20.1. The van der Waals surface area contributed by atoms with Gasteiger partial charge in [-0.25, -0.2) is 4.68 Å². The molecule has 0 amide bonds. The first-order valence-electron chi connectivity index (χ1n) is 9.05. The number of rotatable bonds is 5. The van der Waals surface area contributed by atoms with Gasteiger partial charge in [0.15, 0.2) is 5.11 Å². The standard InChI is InChI=1S/C22H19N5S2/c1-16-9-11-18(12-10-16)24-22(28)25-23-14-17-15-27(19-6-3-2-4-7-19)26-21(17)20-8-5-13-29-20/h2-15H,1H3,(H2,24,25,28). The third-order valence-electron chi connectivity index (χ3n) is 4.20. The van der Waals surface area contributed by atoms with Crippen molar-refractivity contribution in [1.82, 2.24) is 15.2 Å². The third kappa shape index (κ3) is 4.77. The van der Waals surface area contributed by atoms with Gasteiger partial charge in [0.2, 0.25) is 0 Å². The first-order valence-corrected chi connectivity index (χ1v) is 10.3. The maximum absolute atomic E-state index is 5.32. The second-order valence-electron chi connectivity index (χ2n) is 6.38. The van der Waals surface area contributed by atoms with Gasteiger partial charge in [0, 0.05) is 17.4 Å². The van der Waals surface area contributed by atoms with Gasteiger partial charge in [-0.3, -0.25) is 5.43 Å². The quantitative estimate of drug-likeness (QED) is 0.265. The molecule has 2 aromatic carbocycles. The molecule has 0 aliphatic carbocycles. The van der Waals surface area contributed by atoms with Crippen molar-refractivity contribution in [3.8, 4) is 16.3 Å². The first kappa shape index (κ1) is 19.0. The first-order chi connectivity index (χ1) is 14.2. The van der Waals surface area contributed by atoms with E-state index in [0.29, 0.717) is 5.11 Å². The fraction of sp³-hybridized carbons (Fsp3) is 0.0455. The number of benzene rings is 2. The maximum Gasteiger partial charge on any atom is 0.191 e. The molecule has 2 N–H and O–H groups in total. The third-order valence-corrected chi connectivity index (χ3v) is 5.27. The highest BCUT2D eigenvalue weighted by Gasteiger charge is 2.11. The smallest absolute Gasteiger partial charge is 0.191 e. The van der Waals surface area contributed by atoms with Gasteiger partial charge in [-0.1, -0.05) is 42.0 Å². The molecule has 4 rings (SSSR count). The Hall–Kier alpha value is -3.29. The molecule has 7 heteroatoms. The van der Waals surface area contributed by atoms with Gasteiger partial charge in [-0.15, -0.1) is 11.3 Å². The molecular weight excluding hydrogens is 398 g/mol. The van der Waals surface area contributed by atoms with Crippen LogP contribution in [0.3, 0.4) is 0 Å². The van der Waals surface area contributed by atoms with E-state index in [9.17, 15) is 0 Å². The van der Waals surface area contributed by atoms with E-state index in [1.807, 2.05) is 83.8 Å². The van der Waals surface area contributed by atoms with Crippen LogP contribution < -0.4 is 10.7 Å². The Kier molecular flexibility index (Phi) is 5.79. The van der Waals surface area contributed by atoms with E-state index in [1.54, 1.807) is 17.6 Å². The number of nitrogens with one attached hydrogen (secondary N) is 2. The van der Waals surface area contributed by atoms with Gasteiger partial charge in [0.05, 0.1) is 16.8 Å². The Bertz CT molecular complexity index is 1110. The average Bonchev–Trinajstić information content (AvgIpc) is 3.40. The Morgan fingerprint density at radius 3 is 2.59 bits per heavy atom. The summed E-state index contributed by atoms with van der Waals surface area (Å²) >= 11 is 6.97. The molecule has 5 nitrogen and oxygen atoms in total. The average molecular weight is 418 g/mol. The summed E-state index contributed by atoms with van der Waals surface area (Å²) < 4.78 is 1.86. The van der Waals surface area contributed by atoms with Crippen LogP contribution in [-0.2, 0) is 0 Å². The molecule has 144 valence electrons. The number of hydrogen-bond acceptors (Lipinski definition) is 4. The van der Waals surface area contributed by atoms with Crippen LogP contribution in [0, 0.1) is 6.92 Å². The molecule has 2 aromatic heterocycles. The number of thiophene rings is 1.